The van der Waals surface area contributed by atoms with Crippen molar-refractivity contribution < 1.29 is 20.5 Å². The van der Waals surface area contributed by atoms with Crippen LogP contribution in [0.1, 0.15) is 30.6 Å². The highest BCUT2D eigenvalue weighted by atomic mass is 127. The molecule has 0 spiro atoms. The van der Waals surface area contributed by atoms with Crippen molar-refractivity contribution >= 4 is 31.7 Å². The molecule has 0 aliphatic heterocycles. The summed E-state index contributed by atoms with van der Waals surface area (Å²) < 4.78 is 27.2. The molecule has 0 aliphatic rings. The summed E-state index contributed by atoms with van der Waals surface area (Å²) in [6, 6.07) is 5.15. The summed E-state index contributed by atoms with van der Waals surface area (Å²) in [5.74, 6) is -0.961. The van der Waals surface area contributed by atoms with Gasteiger partial charge in [0.2, 0.25) is 0 Å². The van der Waals surface area contributed by atoms with Crippen LogP contribution in [-0.4, -0.2) is 25.0 Å². The fourth-order valence-electron chi connectivity index (χ4n) is 1.84. The lowest BCUT2D eigenvalue weighted by Gasteiger charge is -2.18. The van der Waals surface area contributed by atoms with E-state index in [-0.39, 0.29) is 15.1 Å². The molecule has 0 saturated carbocycles. The number of nitrogens with one attached hydrogen (secondary N) is 1. The number of esters is 1. The lowest BCUT2D eigenvalue weighted by molar-refractivity contribution is -0.143. The fourth-order valence-corrected chi connectivity index (χ4v) is 3.24. The third-order valence-corrected chi connectivity index (χ3v) is 4.67. The van der Waals surface area contributed by atoms with Crippen LogP contribution in [0.2, 0.25) is 0 Å². The molecule has 6 nitrogen and oxygen atoms in total. The zero-order valence-corrected chi connectivity index (χ0v) is 14.2. The van der Waals surface area contributed by atoms with Crippen molar-refractivity contribution in [2.45, 2.75) is 26.3 Å². The minimum Gasteiger partial charge on any atom is -0.467 e. The molecule has 1 rings (SSSR count). The van der Waals surface area contributed by atoms with Crippen LogP contribution in [-0.2, 0) is 15.7 Å². The Labute approximate surface area is 130 Å². The smallest absolute Gasteiger partial charge is 0.341 e. The molecule has 0 aliphatic carbocycles. The van der Waals surface area contributed by atoms with E-state index in [4.69, 9.17) is 0 Å². The topological polar surface area (TPSA) is 89.5 Å². The van der Waals surface area contributed by atoms with Crippen LogP contribution in [0.25, 0.3) is 0 Å². The second-order valence-electron chi connectivity index (χ2n) is 4.88. The number of carbonyl (C=O) groups is 2. The maximum Gasteiger partial charge on any atom is 0.341 e. The number of hydrogen-bond donors (Lipinski definition) is 1. The van der Waals surface area contributed by atoms with Crippen LogP contribution in [0, 0.1) is 9.49 Å². The van der Waals surface area contributed by atoms with Crippen LogP contribution >= 0.6 is 19.8 Å². The monoisotopic (exact) mass is 407 g/mol. The van der Waals surface area contributed by atoms with Crippen LogP contribution in [0.15, 0.2) is 24.3 Å². The zero-order valence-electron chi connectivity index (χ0n) is 12.1. The van der Waals surface area contributed by atoms with Crippen LogP contribution < -0.4 is 5.32 Å². The molecule has 1 amide bonds. The Balaban J connectivity index is 2.99. The number of halogens is 1. The molecule has 1 aromatic rings. The number of hydrogen-bond acceptors (Lipinski definition) is 5. The summed E-state index contributed by atoms with van der Waals surface area (Å²) in [6.45, 7) is 3.82. The molecule has 116 valence electrons. The number of amides is 1. The SMILES string of the molecule is COC(=O)[C@H](CC(C)C)NC(=O)c1ccccc1I(=O)=O. The number of carbonyl (C=O) groups excluding carboxylic acids is 2. The van der Waals surface area contributed by atoms with E-state index in [0.29, 0.717) is 6.42 Å². The van der Waals surface area contributed by atoms with Gasteiger partial charge in [0.1, 0.15) is 6.04 Å². The Bertz CT molecular complexity index is 587. The van der Waals surface area contributed by atoms with E-state index in [1.54, 1.807) is 12.1 Å². The molecule has 0 aromatic heterocycles. The largest absolute Gasteiger partial charge is 0.467 e. The highest BCUT2D eigenvalue weighted by Crippen LogP contribution is 2.21. The maximum atomic E-state index is 12.2. The van der Waals surface area contributed by atoms with Gasteiger partial charge in [-0.15, -0.1) is 0 Å². The summed E-state index contributed by atoms with van der Waals surface area (Å²) in [5, 5.41) is 2.54. The van der Waals surface area contributed by atoms with Gasteiger partial charge in [0.25, 0.3) is 5.91 Å². The Morgan fingerprint density at radius 1 is 1.24 bits per heavy atom. The van der Waals surface area contributed by atoms with Crippen molar-refractivity contribution in [3.63, 3.8) is 0 Å². The van der Waals surface area contributed by atoms with Crippen LogP contribution in [0.5, 0.6) is 0 Å². The van der Waals surface area contributed by atoms with E-state index in [1.807, 2.05) is 13.8 Å². The summed E-state index contributed by atoms with van der Waals surface area (Å²) in [4.78, 5) is 23.9. The van der Waals surface area contributed by atoms with E-state index in [2.05, 4.69) is 10.1 Å². The summed E-state index contributed by atoms with van der Waals surface area (Å²) in [7, 11) is 1.24. The standard InChI is InChI=1S/C14H18INO5/c1-9(2)8-12(14(18)21-3)16-13(17)10-6-4-5-7-11(10)15(19)20/h4-7,9,12H,8H2,1-3H3,(H,16,17)/t12-/m0/s1. The van der Waals surface area contributed by atoms with Crippen molar-refractivity contribution in [2.24, 2.45) is 5.92 Å². The molecule has 1 N–H and O–H groups in total. The Kier molecular flexibility index (Phi) is 6.73. The highest BCUT2D eigenvalue weighted by Gasteiger charge is 2.24. The van der Waals surface area contributed by atoms with Gasteiger partial charge in [-0.1, -0.05) is 26.0 Å². The molecule has 0 fully saturated rings. The van der Waals surface area contributed by atoms with E-state index >= 15 is 0 Å². The molecule has 0 bridgehead atoms. The van der Waals surface area contributed by atoms with Crippen molar-refractivity contribution in [1.29, 1.82) is 0 Å². The molecule has 0 unspecified atom stereocenters. The lowest BCUT2D eigenvalue weighted by Crippen LogP contribution is -2.42. The number of benzene rings is 1. The lowest BCUT2D eigenvalue weighted by atomic mass is 10.0. The Hall–Kier alpha value is -1.51. The van der Waals surface area contributed by atoms with Gasteiger partial charge in [-0.2, -0.15) is 0 Å². The fraction of sp³-hybridized carbons (Fsp3) is 0.429. The normalized spacial score (nSPS) is 12.2. The third kappa shape index (κ3) is 5.07. The molecule has 0 radical (unpaired) electrons. The maximum absolute atomic E-state index is 12.2. The first kappa shape index (κ1) is 17.5. The zero-order chi connectivity index (χ0) is 16.0. The van der Waals surface area contributed by atoms with Gasteiger partial charge in [0, 0.05) is 0 Å². The number of methoxy groups -OCH3 is 1. The van der Waals surface area contributed by atoms with Gasteiger partial charge in [-0.3, -0.25) is 4.79 Å². The first-order valence-corrected chi connectivity index (χ1v) is 9.23. The Morgan fingerprint density at radius 2 is 1.86 bits per heavy atom. The quantitative estimate of drug-likeness (QED) is 0.578. The van der Waals surface area contributed by atoms with Crippen LogP contribution in [0.3, 0.4) is 0 Å². The summed E-state index contributed by atoms with van der Waals surface area (Å²) in [5.41, 5.74) is 0.0605. The predicted octanol–water partition coefficient (Wildman–Crippen LogP) is 2.37. The molecule has 1 atom stereocenters. The first-order chi connectivity index (χ1) is 9.86. The van der Waals surface area contributed by atoms with E-state index in [0.717, 1.165) is 0 Å². The molecule has 1 aromatic carbocycles. The van der Waals surface area contributed by atoms with Gasteiger partial charge in [-0.25, -0.2) is 10.9 Å². The molecule has 0 saturated heterocycles. The Morgan fingerprint density at radius 3 is 2.38 bits per heavy atom. The molecule has 21 heavy (non-hydrogen) atoms. The minimum absolute atomic E-state index is 0.0207. The first-order valence-electron chi connectivity index (χ1n) is 6.39. The molecule has 0 heterocycles. The summed E-state index contributed by atoms with van der Waals surface area (Å²) in [6.07, 6.45) is 0.414. The second kappa shape index (κ2) is 8.06. The van der Waals surface area contributed by atoms with Gasteiger partial charge >= 0.3 is 25.8 Å². The van der Waals surface area contributed by atoms with E-state index in [1.165, 1.54) is 19.2 Å². The van der Waals surface area contributed by atoms with Crippen molar-refractivity contribution in [1.82, 2.24) is 5.32 Å². The molecule has 7 heteroatoms. The highest BCUT2D eigenvalue weighted by molar-refractivity contribution is 14.2. The number of rotatable bonds is 6. The van der Waals surface area contributed by atoms with Crippen LogP contribution in [0.4, 0.5) is 0 Å². The minimum atomic E-state index is -3.78. The molecular weight excluding hydrogens is 389 g/mol. The third-order valence-electron chi connectivity index (χ3n) is 2.78. The number of ether oxygens (including phenoxy) is 1. The van der Waals surface area contributed by atoms with E-state index in [9.17, 15) is 15.7 Å². The van der Waals surface area contributed by atoms with Crippen molar-refractivity contribution in [3.8, 4) is 0 Å². The molecular formula is C14H18INO5. The summed E-state index contributed by atoms with van der Waals surface area (Å²) >= 11 is -3.78. The van der Waals surface area contributed by atoms with Gasteiger partial charge < -0.3 is 10.1 Å². The van der Waals surface area contributed by atoms with Gasteiger partial charge in [0.15, 0.2) is 0 Å². The van der Waals surface area contributed by atoms with Crippen molar-refractivity contribution in [3.05, 3.63) is 33.4 Å². The average molecular weight is 407 g/mol. The predicted molar refractivity (Wildman–Crippen MR) is 83.3 cm³/mol. The van der Waals surface area contributed by atoms with E-state index < -0.39 is 37.7 Å². The van der Waals surface area contributed by atoms with Gasteiger partial charge in [0.05, 0.1) is 16.2 Å². The second-order valence-corrected chi connectivity index (χ2v) is 7.28. The van der Waals surface area contributed by atoms with Crippen molar-refractivity contribution in [2.75, 3.05) is 7.11 Å². The average Bonchev–Trinajstić information content (AvgIpc) is 2.45. The van der Waals surface area contributed by atoms with Gasteiger partial charge in [-0.05, 0) is 24.5 Å².